The number of aryl methyl sites for hydroxylation is 1. The molecule has 0 saturated heterocycles. The van der Waals surface area contributed by atoms with E-state index >= 15 is 0 Å². The summed E-state index contributed by atoms with van der Waals surface area (Å²) in [5.74, 6) is -1.26. The Hall–Kier alpha value is -2.70. The van der Waals surface area contributed by atoms with Gasteiger partial charge in [0.1, 0.15) is 22.5 Å². The minimum atomic E-state index is -3.74. The maximum absolute atomic E-state index is 13.3. The Morgan fingerprint density at radius 1 is 1.38 bits per heavy atom. The second-order valence-corrected chi connectivity index (χ2v) is 7.58. The Morgan fingerprint density at radius 2 is 2.08 bits per heavy atom. The maximum Gasteiger partial charge on any atom is 0.272 e. The molecule has 1 atom stereocenters. The van der Waals surface area contributed by atoms with Crippen molar-refractivity contribution in [2.75, 3.05) is 5.32 Å². The number of carbonyl (C=O) groups is 1. The fourth-order valence-corrected chi connectivity index (χ4v) is 3.60. The number of nitrogens with zero attached hydrogens (tertiary/aromatic N) is 2. The molecule has 0 saturated carbocycles. The Labute approximate surface area is 151 Å². The summed E-state index contributed by atoms with van der Waals surface area (Å²) < 4.78 is 41.9. The Balaban J connectivity index is 2.26. The van der Waals surface area contributed by atoms with Gasteiger partial charge in [-0.25, -0.2) is 17.5 Å². The predicted molar refractivity (Wildman–Crippen MR) is 94.6 cm³/mol. The van der Waals surface area contributed by atoms with Crippen molar-refractivity contribution in [3.8, 4) is 6.07 Å². The molecule has 0 fully saturated rings. The van der Waals surface area contributed by atoms with E-state index in [1.165, 1.54) is 29.0 Å². The lowest BCUT2D eigenvalue weighted by molar-refractivity contribution is 0.101. The fraction of sp³-hybridized carbons (Fsp3) is 0.294. The number of nitriles is 1. The van der Waals surface area contributed by atoms with Crippen LogP contribution in [0.25, 0.3) is 0 Å². The van der Waals surface area contributed by atoms with Gasteiger partial charge >= 0.3 is 0 Å². The van der Waals surface area contributed by atoms with Crippen molar-refractivity contribution in [2.24, 2.45) is 7.05 Å². The van der Waals surface area contributed by atoms with Crippen molar-refractivity contribution in [2.45, 2.75) is 31.2 Å². The molecule has 2 rings (SSSR count). The zero-order chi connectivity index (χ0) is 19.5. The number of anilines is 1. The lowest BCUT2D eigenvalue weighted by atomic mass is 10.2. The van der Waals surface area contributed by atoms with E-state index in [2.05, 4.69) is 10.0 Å². The van der Waals surface area contributed by atoms with Gasteiger partial charge in [0, 0.05) is 25.0 Å². The second-order valence-electron chi connectivity index (χ2n) is 5.86. The summed E-state index contributed by atoms with van der Waals surface area (Å²) >= 11 is 0. The molecule has 1 heterocycles. The molecule has 1 aromatic carbocycles. The van der Waals surface area contributed by atoms with Gasteiger partial charge in [-0.05, 0) is 37.6 Å². The molecular formula is C17H19FN4O3S. The van der Waals surface area contributed by atoms with Gasteiger partial charge in [-0.1, -0.05) is 6.92 Å². The molecule has 0 radical (unpaired) electrons. The predicted octanol–water partition coefficient (Wildman–Crippen LogP) is 2.36. The van der Waals surface area contributed by atoms with Crippen LogP contribution in [0.2, 0.25) is 0 Å². The van der Waals surface area contributed by atoms with Gasteiger partial charge in [0.05, 0.1) is 5.56 Å². The standard InChI is InChI=1S/C17H19FN4O3S/c1-4-11(2)21-26(24,25)14-8-16(22(3)10-14)17(23)20-13-5-6-15(18)12(7-13)9-19/h5-8,10-11,21H,4H2,1-3H3,(H,20,23)/t11-/m1/s1. The van der Waals surface area contributed by atoms with Gasteiger partial charge in [-0.3, -0.25) is 4.79 Å². The maximum atomic E-state index is 13.3. The van der Waals surface area contributed by atoms with Crippen molar-refractivity contribution in [1.29, 1.82) is 5.26 Å². The summed E-state index contributed by atoms with van der Waals surface area (Å²) in [6, 6.07) is 6.31. The van der Waals surface area contributed by atoms with Crippen LogP contribution >= 0.6 is 0 Å². The monoisotopic (exact) mass is 378 g/mol. The van der Waals surface area contributed by atoms with E-state index in [-0.39, 0.29) is 27.9 Å². The number of halogens is 1. The number of nitrogens with one attached hydrogen (secondary N) is 2. The van der Waals surface area contributed by atoms with E-state index in [4.69, 9.17) is 5.26 Å². The van der Waals surface area contributed by atoms with Crippen LogP contribution in [0.3, 0.4) is 0 Å². The average Bonchev–Trinajstić information content (AvgIpc) is 2.99. The Bertz CT molecular complexity index is 976. The SMILES string of the molecule is CC[C@@H](C)NS(=O)(=O)c1cc(C(=O)Nc2ccc(F)c(C#N)c2)n(C)c1. The molecule has 0 bridgehead atoms. The molecule has 1 aromatic heterocycles. The summed E-state index contributed by atoms with van der Waals surface area (Å²) in [7, 11) is -2.20. The third-order valence-corrected chi connectivity index (χ3v) is 5.39. The first-order valence-electron chi connectivity index (χ1n) is 7.87. The van der Waals surface area contributed by atoms with Crippen molar-refractivity contribution >= 4 is 21.6 Å². The van der Waals surface area contributed by atoms with Gasteiger partial charge in [0.25, 0.3) is 5.91 Å². The highest BCUT2D eigenvalue weighted by Gasteiger charge is 2.22. The third kappa shape index (κ3) is 4.28. The zero-order valence-electron chi connectivity index (χ0n) is 14.6. The minimum absolute atomic E-state index is 0.0257. The summed E-state index contributed by atoms with van der Waals surface area (Å²) in [5.41, 5.74) is 0.143. The van der Waals surface area contributed by atoms with E-state index in [1.54, 1.807) is 20.0 Å². The second kappa shape index (κ2) is 7.68. The highest BCUT2D eigenvalue weighted by molar-refractivity contribution is 7.89. The molecule has 0 aliphatic heterocycles. The van der Waals surface area contributed by atoms with E-state index in [0.29, 0.717) is 6.42 Å². The first-order valence-corrected chi connectivity index (χ1v) is 9.36. The van der Waals surface area contributed by atoms with E-state index in [1.807, 2.05) is 6.92 Å². The summed E-state index contributed by atoms with van der Waals surface area (Å²) in [6.45, 7) is 3.60. The molecule has 0 unspecified atom stereocenters. The quantitative estimate of drug-likeness (QED) is 0.805. The largest absolute Gasteiger partial charge is 0.345 e. The molecule has 26 heavy (non-hydrogen) atoms. The summed E-state index contributed by atoms with van der Waals surface area (Å²) in [5, 5.41) is 11.4. The van der Waals surface area contributed by atoms with Crippen LogP contribution in [0.1, 0.15) is 36.3 Å². The van der Waals surface area contributed by atoms with Gasteiger partial charge in [-0.2, -0.15) is 5.26 Å². The Morgan fingerprint density at radius 3 is 2.69 bits per heavy atom. The number of amides is 1. The molecule has 2 aromatic rings. The molecule has 0 aliphatic carbocycles. The van der Waals surface area contributed by atoms with Gasteiger partial charge in [0.2, 0.25) is 10.0 Å². The lowest BCUT2D eigenvalue weighted by Crippen LogP contribution is -2.31. The van der Waals surface area contributed by atoms with Crippen molar-refractivity contribution < 1.29 is 17.6 Å². The number of rotatable bonds is 6. The Kier molecular flexibility index (Phi) is 5.79. The average molecular weight is 378 g/mol. The minimum Gasteiger partial charge on any atom is -0.345 e. The first kappa shape index (κ1) is 19.6. The van der Waals surface area contributed by atoms with Crippen LogP contribution in [0.15, 0.2) is 35.4 Å². The number of hydrogen-bond acceptors (Lipinski definition) is 4. The van der Waals surface area contributed by atoms with Gasteiger partial charge < -0.3 is 9.88 Å². The number of aromatic nitrogens is 1. The molecule has 1 amide bonds. The number of hydrogen-bond donors (Lipinski definition) is 2. The van der Waals surface area contributed by atoms with E-state index in [9.17, 15) is 17.6 Å². The van der Waals surface area contributed by atoms with E-state index in [0.717, 1.165) is 6.07 Å². The molecule has 0 spiro atoms. The van der Waals surface area contributed by atoms with Crippen LogP contribution in [0, 0.1) is 17.1 Å². The lowest BCUT2D eigenvalue weighted by Gasteiger charge is -2.10. The van der Waals surface area contributed by atoms with Crippen LogP contribution < -0.4 is 10.0 Å². The van der Waals surface area contributed by atoms with Gasteiger partial charge in [0.15, 0.2) is 0 Å². The first-order chi connectivity index (χ1) is 12.2. The molecule has 138 valence electrons. The number of carbonyl (C=O) groups excluding carboxylic acids is 1. The zero-order valence-corrected chi connectivity index (χ0v) is 15.4. The van der Waals surface area contributed by atoms with Crippen LogP contribution in [-0.2, 0) is 17.1 Å². The fourth-order valence-electron chi connectivity index (χ4n) is 2.21. The van der Waals surface area contributed by atoms with Gasteiger partial charge in [-0.15, -0.1) is 0 Å². The van der Waals surface area contributed by atoms with Crippen molar-refractivity contribution in [1.82, 2.24) is 9.29 Å². The summed E-state index contributed by atoms with van der Waals surface area (Å²) in [4.78, 5) is 12.4. The molecule has 2 N–H and O–H groups in total. The molecule has 7 nitrogen and oxygen atoms in total. The highest BCUT2D eigenvalue weighted by Crippen LogP contribution is 2.18. The molecule has 0 aliphatic rings. The topological polar surface area (TPSA) is 104 Å². The highest BCUT2D eigenvalue weighted by atomic mass is 32.2. The normalized spacial score (nSPS) is 12.4. The van der Waals surface area contributed by atoms with Crippen molar-refractivity contribution in [3.63, 3.8) is 0 Å². The van der Waals surface area contributed by atoms with E-state index < -0.39 is 21.7 Å². The summed E-state index contributed by atoms with van der Waals surface area (Å²) in [6.07, 6.45) is 1.97. The molecule has 9 heteroatoms. The van der Waals surface area contributed by atoms with Crippen molar-refractivity contribution in [3.05, 3.63) is 47.5 Å². The molecular weight excluding hydrogens is 359 g/mol. The van der Waals surface area contributed by atoms with Crippen LogP contribution in [0.5, 0.6) is 0 Å². The third-order valence-electron chi connectivity index (χ3n) is 3.84. The number of sulfonamides is 1. The smallest absolute Gasteiger partial charge is 0.272 e. The van der Waals surface area contributed by atoms with Crippen LogP contribution in [0.4, 0.5) is 10.1 Å². The van der Waals surface area contributed by atoms with Crippen LogP contribution in [-0.4, -0.2) is 24.9 Å². The number of benzene rings is 1.